The summed E-state index contributed by atoms with van der Waals surface area (Å²) in [6.45, 7) is 0.451. The number of aliphatic carboxylic acids is 1. The number of aromatic nitrogens is 2. The van der Waals surface area contributed by atoms with Gasteiger partial charge in [0.2, 0.25) is 0 Å². The molecule has 1 heterocycles. The van der Waals surface area contributed by atoms with Crippen molar-refractivity contribution in [1.29, 1.82) is 0 Å². The normalized spacial score (nSPS) is 9.62. The maximum absolute atomic E-state index is 10.3. The van der Waals surface area contributed by atoms with Gasteiger partial charge >= 0.3 is 5.97 Å². The van der Waals surface area contributed by atoms with Crippen molar-refractivity contribution in [2.75, 3.05) is 18.5 Å². The van der Waals surface area contributed by atoms with Gasteiger partial charge in [0.15, 0.2) is 0 Å². The molecule has 0 saturated heterocycles. The Morgan fingerprint density at radius 1 is 1.69 bits per heavy atom. The molecule has 70 valence electrons. The highest BCUT2D eigenvalue weighted by Crippen LogP contribution is 2.05. The highest BCUT2D eigenvalue weighted by atomic mass is 16.4. The molecule has 1 aromatic heterocycles. The first-order chi connectivity index (χ1) is 6.20. The summed E-state index contributed by atoms with van der Waals surface area (Å²) in [4.78, 5) is 19.8. The highest BCUT2D eigenvalue weighted by Gasteiger charge is 2.03. The molecule has 0 aromatic carbocycles. The number of carbonyl (C=O) groups is 1. The standard InChI is InChI=1S/C8H11N3O2/c1-11(5-3-8(12)13)7-2-4-9-6-10-7/h2,4,6H,3,5H2,1H3,(H,12,13). The molecule has 5 nitrogen and oxygen atoms in total. The third-order valence-electron chi connectivity index (χ3n) is 1.62. The predicted molar refractivity (Wildman–Crippen MR) is 47.6 cm³/mol. The van der Waals surface area contributed by atoms with Crippen molar-refractivity contribution in [1.82, 2.24) is 9.97 Å². The SMILES string of the molecule is CN(CCC(=O)O)c1ccncn1. The van der Waals surface area contributed by atoms with Crippen LogP contribution < -0.4 is 4.90 Å². The van der Waals surface area contributed by atoms with Gasteiger partial charge in [0, 0.05) is 19.8 Å². The summed E-state index contributed by atoms with van der Waals surface area (Å²) in [5.74, 6) is -0.0721. The van der Waals surface area contributed by atoms with Crippen LogP contribution in [0.15, 0.2) is 18.6 Å². The zero-order valence-corrected chi connectivity index (χ0v) is 7.34. The average molecular weight is 181 g/mol. The van der Waals surface area contributed by atoms with Gasteiger partial charge in [-0.05, 0) is 6.07 Å². The molecule has 0 fully saturated rings. The van der Waals surface area contributed by atoms with E-state index in [1.54, 1.807) is 24.2 Å². The van der Waals surface area contributed by atoms with E-state index in [9.17, 15) is 4.79 Å². The van der Waals surface area contributed by atoms with Gasteiger partial charge in [-0.15, -0.1) is 0 Å². The zero-order chi connectivity index (χ0) is 9.68. The van der Waals surface area contributed by atoms with E-state index >= 15 is 0 Å². The second-order valence-electron chi connectivity index (χ2n) is 2.63. The van der Waals surface area contributed by atoms with Crippen LogP contribution in [0.1, 0.15) is 6.42 Å². The van der Waals surface area contributed by atoms with Crippen LogP contribution in [0.4, 0.5) is 5.82 Å². The Bertz CT molecular complexity index is 276. The smallest absolute Gasteiger partial charge is 0.305 e. The summed E-state index contributed by atoms with van der Waals surface area (Å²) in [7, 11) is 1.80. The lowest BCUT2D eigenvalue weighted by Gasteiger charge is -2.15. The van der Waals surface area contributed by atoms with Crippen molar-refractivity contribution in [2.24, 2.45) is 0 Å². The van der Waals surface area contributed by atoms with E-state index in [0.717, 1.165) is 5.82 Å². The maximum Gasteiger partial charge on any atom is 0.305 e. The molecule has 0 spiro atoms. The fourth-order valence-electron chi connectivity index (χ4n) is 0.887. The van der Waals surface area contributed by atoms with Crippen LogP contribution in [0.2, 0.25) is 0 Å². The molecule has 13 heavy (non-hydrogen) atoms. The lowest BCUT2D eigenvalue weighted by molar-refractivity contribution is -0.136. The fraction of sp³-hybridized carbons (Fsp3) is 0.375. The summed E-state index contributed by atoms with van der Waals surface area (Å²) >= 11 is 0. The Labute approximate surface area is 76.0 Å². The first-order valence-electron chi connectivity index (χ1n) is 3.89. The number of rotatable bonds is 4. The number of anilines is 1. The van der Waals surface area contributed by atoms with E-state index in [0.29, 0.717) is 6.54 Å². The quantitative estimate of drug-likeness (QED) is 0.727. The summed E-state index contributed by atoms with van der Waals surface area (Å²) in [6.07, 6.45) is 3.17. The molecule has 5 heteroatoms. The first kappa shape index (κ1) is 9.44. The minimum Gasteiger partial charge on any atom is -0.481 e. The molecule has 0 atom stereocenters. The van der Waals surface area contributed by atoms with Gasteiger partial charge in [0.1, 0.15) is 12.1 Å². The van der Waals surface area contributed by atoms with Gasteiger partial charge in [-0.25, -0.2) is 9.97 Å². The minimum absolute atomic E-state index is 0.112. The van der Waals surface area contributed by atoms with Crippen molar-refractivity contribution in [3.63, 3.8) is 0 Å². The molecule has 1 rings (SSSR count). The topological polar surface area (TPSA) is 66.3 Å². The van der Waals surface area contributed by atoms with E-state index in [1.807, 2.05) is 0 Å². The molecule has 0 aliphatic carbocycles. The fourth-order valence-corrected chi connectivity index (χ4v) is 0.887. The zero-order valence-electron chi connectivity index (χ0n) is 7.34. The highest BCUT2D eigenvalue weighted by molar-refractivity contribution is 5.67. The monoisotopic (exact) mass is 181 g/mol. The van der Waals surface area contributed by atoms with Crippen LogP contribution in [-0.2, 0) is 4.79 Å². The maximum atomic E-state index is 10.3. The molecular formula is C8H11N3O2. The van der Waals surface area contributed by atoms with Gasteiger partial charge in [-0.3, -0.25) is 4.79 Å². The molecular weight excluding hydrogens is 170 g/mol. The molecule has 0 amide bonds. The second kappa shape index (κ2) is 4.39. The van der Waals surface area contributed by atoms with Crippen LogP contribution in [-0.4, -0.2) is 34.6 Å². The van der Waals surface area contributed by atoms with Crippen LogP contribution in [0.25, 0.3) is 0 Å². The molecule has 0 bridgehead atoms. The van der Waals surface area contributed by atoms with Crippen molar-refractivity contribution < 1.29 is 9.90 Å². The lowest BCUT2D eigenvalue weighted by Crippen LogP contribution is -2.21. The van der Waals surface area contributed by atoms with Crippen LogP contribution in [0.5, 0.6) is 0 Å². The van der Waals surface area contributed by atoms with Crippen molar-refractivity contribution >= 4 is 11.8 Å². The third-order valence-corrected chi connectivity index (χ3v) is 1.62. The number of nitrogens with zero attached hydrogens (tertiary/aromatic N) is 3. The Morgan fingerprint density at radius 2 is 2.46 bits per heavy atom. The van der Waals surface area contributed by atoms with Crippen molar-refractivity contribution in [3.05, 3.63) is 18.6 Å². The lowest BCUT2D eigenvalue weighted by atomic mass is 10.4. The van der Waals surface area contributed by atoms with Gasteiger partial charge < -0.3 is 10.0 Å². The molecule has 0 unspecified atom stereocenters. The molecule has 0 radical (unpaired) electrons. The van der Waals surface area contributed by atoms with E-state index in [-0.39, 0.29) is 6.42 Å². The minimum atomic E-state index is -0.805. The van der Waals surface area contributed by atoms with E-state index in [2.05, 4.69) is 9.97 Å². The molecule has 0 aliphatic rings. The molecule has 0 saturated carbocycles. The van der Waals surface area contributed by atoms with Crippen LogP contribution >= 0.6 is 0 Å². The van der Waals surface area contributed by atoms with Gasteiger partial charge in [-0.1, -0.05) is 0 Å². The van der Waals surface area contributed by atoms with Crippen molar-refractivity contribution in [2.45, 2.75) is 6.42 Å². The summed E-state index contributed by atoms with van der Waals surface area (Å²) in [5.41, 5.74) is 0. The van der Waals surface area contributed by atoms with Crippen LogP contribution in [0, 0.1) is 0 Å². The Kier molecular flexibility index (Phi) is 3.19. The Morgan fingerprint density at radius 3 is 3.00 bits per heavy atom. The summed E-state index contributed by atoms with van der Waals surface area (Å²) in [5, 5.41) is 8.45. The molecule has 1 N–H and O–H groups in total. The van der Waals surface area contributed by atoms with E-state index in [4.69, 9.17) is 5.11 Å². The first-order valence-corrected chi connectivity index (χ1v) is 3.89. The van der Waals surface area contributed by atoms with E-state index in [1.165, 1.54) is 6.33 Å². The number of carboxylic acid groups (broad SMARTS) is 1. The third kappa shape index (κ3) is 3.06. The Hall–Kier alpha value is -1.65. The number of hydrogen-bond donors (Lipinski definition) is 1. The molecule has 1 aromatic rings. The largest absolute Gasteiger partial charge is 0.481 e. The van der Waals surface area contributed by atoms with Gasteiger partial charge in [0.25, 0.3) is 0 Å². The molecule has 0 aliphatic heterocycles. The number of carboxylic acids is 1. The van der Waals surface area contributed by atoms with Gasteiger partial charge in [-0.2, -0.15) is 0 Å². The Balaban J connectivity index is 2.49. The number of hydrogen-bond acceptors (Lipinski definition) is 4. The average Bonchev–Trinajstić information content (AvgIpc) is 2.15. The van der Waals surface area contributed by atoms with Crippen LogP contribution in [0.3, 0.4) is 0 Å². The van der Waals surface area contributed by atoms with Crippen molar-refractivity contribution in [3.8, 4) is 0 Å². The predicted octanol–water partition coefficient (Wildman–Crippen LogP) is 0.387. The van der Waals surface area contributed by atoms with Gasteiger partial charge in [0.05, 0.1) is 6.42 Å². The van der Waals surface area contributed by atoms with E-state index < -0.39 is 5.97 Å². The summed E-state index contributed by atoms with van der Waals surface area (Å²) in [6, 6.07) is 1.74. The summed E-state index contributed by atoms with van der Waals surface area (Å²) < 4.78 is 0. The second-order valence-corrected chi connectivity index (χ2v) is 2.63.